The largest absolute Gasteiger partial charge is 0.496 e. The maximum atomic E-state index is 13.0. The summed E-state index contributed by atoms with van der Waals surface area (Å²) in [7, 11) is 1.46. The van der Waals surface area contributed by atoms with Crippen molar-refractivity contribution in [3.05, 3.63) is 53.1 Å². The minimum Gasteiger partial charge on any atom is -0.496 e. The van der Waals surface area contributed by atoms with E-state index in [4.69, 9.17) is 14.2 Å². The number of anilines is 1. The van der Waals surface area contributed by atoms with Crippen molar-refractivity contribution >= 4 is 29.6 Å². The standard InChI is InChI=1S/C20H16N2O6/c1-11-5-3-4-6-14(11)22-19(24)13(18(23)21-20(22)25)7-12-8-16-17(28-10-27-16)9-15(12)26-2/h3-9H,10H2,1-2H3,(H,21,23,25)/b13-7+. The summed E-state index contributed by atoms with van der Waals surface area (Å²) in [6.07, 6.45) is 1.37. The van der Waals surface area contributed by atoms with Crippen molar-refractivity contribution in [2.75, 3.05) is 18.8 Å². The molecule has 0 aromatic heterocycles. The zero-order chi connectivity index (χ0) is 19.8. The molecule has 0 saturated carbocycles. The zero-order valence-corrected chi connectivity index (χ0v) is 15.1. The fourth-order valence-corrected chi connectivity index (χ4v) is 3.07. The Labute approximate surface area is 160 Å². The van der Waals surface area contributed by atoms with Crippen molar-refractivity contribution in [2.24, 2.45) is 0 Å². The molecule has 0 radical (unpaired) electrons. The molecule has 2 aromatic carbocycles. The zero-order valence-electron chi connectivity index (χ0n) is 15.1. The molecule has 4 amide bonds. The Hall–Kier alpha value is -3.81. The van der Waals surface area contributed by atoms with Crippen LogP contribution in [0, 0.1) is 6.92 Å². The third-order valence-corrected chi connectivity index (χ3v) is 4.48. The molecule has 1 saturated heterocycles. The van der Waals surface area contributed by atoms with E-state index in [2.05, 4.69) is 5.32 Å². The summed E-state index contributed by atoms with van der Waals surface area (Å²) in [5.41, 5.74) is 1.38. The van der Waals surface area contributed by atoms with Crippen LogP contribution in [-0.2, 0) is 9.59 Å². The second-order valence-electron chi connectivity index (χ2n) is 6.19. The molecule has 8 heteroatoms. The van der Waals surface area contributed by atoms with Gasteiger partial charge in [-0.2, -0.15) is 0 Å². The number of nitrogens with one attached hydrogen (secondary N) is 1. The second-order valence-corrected chi connectivity index (χ2v) is 6.19. The molecule has 2 aliphatic heterocycles. The van der Waals surface area contributed by atoms with Gasteiger partial charge in [-0.05, 0) is 30.7 Å². The van der Waals surface area contributed by atoms with Crippen molar-refractivity contribution in [3.63, 3.8) is 0 Å². The molecule has 8 nitrogen and oxygen atoms in total. The lowest BCUT2D eigenvalue weighted by Crippen LogP contribution is -2.54. The molecule has 0 aliphatic carbocycles. The Balaban J connectivity index is 1.79. The lowest BCUT2D eigenvalue weighted by molar-refractivity contribution is -0.122. The Kier molecular flexibility index (Phi) is 4.23. The van der Waals surface area contributed by atoms with Gasteiger partial charge in [-0.15, -0.1) is 0 Å². The van der Waals surface area contributed by atoms with E-state index in [-0.39, 0.29) is 12.4 Å². The number of carbonyl (C=O) groups is 3. The number of benzene rings is 2. The molecule has 1 N–H and O–H groups in total. The summed E-state index contributed by atoms with van der Waals surface area (Å²) in [6.45, 7) is 1.85. The summed E-state index contributed by atoms with van der Waals surface area (Å²) in [4.78, 5) is 38.7. The van der Waals surface area contributed by atoms with Gasteiger partial charge < -0.3 is 14.2 Å². The summed E-state index contributed by atoms with van der Waals surface area (Å²) in [5.74, 6) is -0.114. The van der Waals surface area contributed by atoms with E-state index in [0.29, 0.717) is 28.5 Å². The van der Waals surface area contributed by atoms with Crippen LogP contribution in [0.4, 0.5) is 10.5 Å². The van der Waals surface area contributed by atoms with Gasteiger partial charge in [0.1, 0.15) is 11.3 Å². The van der Waals surface area contributed by atoms with Crippen LogP contribution in [0.5, 0.6) is 17.2 Å². The lowest BCUT2D eigenvalue weighted by atomic mass is 10.0. The van der Waals surface area contributed by atoms with E-state index in [1.165, 1.54) is 13.2 Å². The number of amides is 4. The molecule has 2 aliphatic rings. The van der Waals surface area contributed by atoms with Gasteiger partial charge in [0.2, 0.25) is 6.79 Å². The van der Waals surface area contributed by atoms with Crippen molar-refractivity contribution in [1.29, 1.82) is 0 Å². The number of nitrogens with zero attached hydrogens (tertiary/aromatic N) is 1. The molecule has 0 atom stereocenters. The molecule has 0 spiro atoms. The molecular weight excluding hydrogens is 364 g/mol. The van der Waals surface area contributed by atoms with Gasteiger partial charge in [0.05, 0.1) is 12.8 Å². The van der Waals surface area contributed by atoms with E-state index in [0.717, 1.165) is 10.5 Å². The minimum absolute atomic E-state index is 0.0769. The second kappa shape index (κ2) is 6.73. The summed E-state index contributed by atoms with van der Waals surface area (Å²) in [5, 5.41) is 2.21. The number of hydrogen-bond donors (Lipinski definition) is 1. The van der Waals surface area contributed by atoms with Crippen molar-refractivity contribution in [3.8, 4) is 17.2 Å². The van der Waals surface area contributed by atoms with E-state index in [1.807, 2.05) is 0 Å². The average molecular weight is 380 g/mol. The normalized spacial score (nSPS) is 17.1. The van der Waals surface area contributed by atoms with E-state index in [1.54, 1.807) is 43.3 Å². The topological polar surface area (TPSA) is 94.2 Å². The molecule has 1 fully saturated rings. The molecule has 4 rings (SSSR count). The molecule has 28 heavy (non-hydrogen) atoms. The van der Waals surface area contributed by atoms with Crippen LogP contribution < -0.4 is 24.4 Å². The molecule has 142 valence electrons. The number of carbonyl (C=O) groups excluding carboxylic acids is 3. The lowest BCUT2D eigenvalue weighted by Gasteiger charge is -2.27. The van der Waals surface area contributed by atoms with Gasteiger partial charge >= 0.3 is 6.03 Å². The Morgan fingerprint density at radius 2 is 1.82 bits per heavy atom. The van der Waals surface area contributed by atoms with Gasteiger partial charge in [0, 0.05) is 11.6 Å². The predicted molar refractivity (Wildman–Crippen MR) is 99.3 cm³/mol. The first-order valence-corrected chi connectivity index (χ1v) is 8.44. The maximum Gasteiger partial charge on any atom is 0.335 e. The fraction of sp³-hybridized carbons (Fsp3) is 0.150. The van der Waals surface area contributed by atoms with Crippen LogP contribution >= 0.6 is 0 Å². The third-order valence-electron chi connectivity index (χ3n) is 4.48. The van der Waals surface area contributed by atoms with E-state index in [9.17, 15) is 14.4 Å². The number of para-hydroxylation sites is 1. The van der Waals surface area contributed by atoms with Gasteiger partial charge in [0.25, 0.3) is 11.8 Å². The average Bonchev–Trinajstić information content (AvgIpc) is 3.13. The number of barbiturate groups is 1. The SMILES string of the molecule is COc1cc2c(cc1/C=C1\C(=O)NC(=O)N(c3ccccc3C)C1=O)OCO2. The number of ether oxygens (including phenoxy) is 3. The highest BCUT2D eigenvalue weighted by atomic mass is 16.7. The third kappa shape index (κ3) is 2.84. The van der Waals surface area contributed by atoms with Crippen LogP contribution in [0.3, 0.4) is 0 Å². The first-order valence-electron chi connectivity index (χ1n) is 8.44. The molecule has 2 aromatic rings. The predicted octanol–water partition coefficient (Wildman–Crippen LogP) is 2.40. The van der Waals surface area contributed by atoms with E-state index < -0.39 is 17.8 Å². The van der Waals surface area contributed by atoms with Crippen LogP contribution in [-0.4, -0.2) is 31.7 Å². The first kappa shape index (κ1) is 17.6. The van der Waals surface area contributed by atoms with E-state index >= 15 is 0 Å². The van der Waals surface area contributed by atoms with Crippen molar-refractivity contribution < 1.29 is 28.6 Å². The smallest absolute Gasteiger partial charge is 0.335 e. The van der Waals surface area contributed by atoms with Crippen molar-refractivity contribution in [2.45, 2.75) is 6.92 Å². The fourth-order valence-electron chi connectivity index (χ4n) is 3.07. The van der Waals surface area contributed by atoms with Crippen LogP contribution in [0.2, 0.25) is 0 Å². The number of rotatable bonds is 3. The Bertz CT molecular complexity index is 1040. The summed E-state index contributed by atoms with van der Waals surface area (Å²) >= 11 is 0. The number of imide groups is 2. The Morgan fingerprint density at radius 1 is 1.11 bits per heavy atom. The number of aryl methyl sites for hydroxylation is 1. The number of methoxy groups -OCH3 is 1. The Morgan fingerprint density at radius 3 is 2.54 bits per heavy atom. The highest BCUT2D eigenvalue weighted by Crippen LogP contribution is 2.39. The number of urea groups is 1. The van der Waals surface area contributed by atoms with Crippen LogP contribution in [0.15, 0.2) is 42.0 Å². The molecular formula is C20H16N2O6. The molecule has 2 heterocycles. The summed E-state index contributed by atoms with van der Waals surface area (Å²) < 4.78 is 16.0. The van der Waals surface area contributed by atoms with Gasteiger partial charge in [0.15, 0.2) is 11.5 Å². The highest BCUT2D eigenvalue weighted by molar-refractivity contribution is 6.39. The van der Waals surface area contributed by atoms with Crippen molar-refractivity contribution in [1.82, 2.24) is 5.32 Å². The highest BCUT2D eigenvalue weighted by Gasteiger charge is 2.37. The monoisotopic (exact) mass is 380 g/mol. The molecule has 0 unspecified atom stereocenters. The van der Waals surface area contributed by atoms with Gasteiger partial charge in [-0.1, -0.05) is 18.2 Å². The van der Waals surface area contributed by atoms with Crippen LogP contribution in [0.1, 0.15) is 11.1 Å². The number of fused-ring (bicyclic) bond motifs is 1. The molecule has 0 bridgehead atoms. The first-order chi connectivity index (χ1) is 13.5. The number of hydrogen-bond acceptors (Lipinski definition) is 6. The summed E-state index contributed by atoms with van der Waals surface area (Å²) in [6, 6.07) is 9.36. The quantitative estimate of drug-likeness (QED) is 0.649. The van der Waals surface area contributed by atoms with Gasteiger partial charge in [-0.3, -0.25) is 14.9 Å². The van der Waals surface area contributed by atoms with Crippen LogP contribution in [0.25, 0.3) is 6.08 Å². The minimum atomic E-state index is -0.792. The maximum absolute atomic E-state index is 13.0. The van der Waals surface area contributed by atoms with Gasteiger partial charge in [-0.25, -0.2) is 9.69 Å².